The van der Waals surface area contributed by atoms with E-state index in [1.807, 2.05) is 42.5 Å². The molecule has 3 nitrogen and oxygen atoms in total. The lowest BCUT2D eigenvalue weighted by molar-refractivity contribution is 0.104. The monoisotopic (exact) mass is 299 g/mol. The molecule has 0 bridgehead atoms. The summed E-state index contributed by atoms with van der Waals surface area (Å²) in [6, 6.07) is 18.5. The summed E-state index contributed by atoms with van der Waals surface area (Å²) in [5, 5.41) is 13.3. The maximum Gasteiger partial charge on any atom is 0.127 e. The van der Waals surface area contributed by atoms with E-state index in [2.05, 4.69) is 31.3 Å². The van der Waals surface area contributed by atoms with Crippen LogP contribution >= 0.6 is 0 Å². The van der Waals surface area contributed by atoms with Gasteiger partial charge in [-0.15, -0.1) is 0 Å². The maximum absolute atomic E-state index is 10.0. The van der Waals surface area contributed by atoms with E-state index in [0.717, 1.165) is 23.3 Å². The topological polar surface area (TPSA) is 41.5 Å². The van der Waals surface area contributed by atoms with Crippen LogP contribution in [0, 0.1) is 0 Å². The van der Waals surface area contributed by atoms with Gasteiger partial charge < -0.3 is 15.2 Å². The molecule has 2 atom stereocenters. The molecule has 0 aliphatic rings. The Morgan fingerprint density at radius 3 is 2.45 bits per heavy atom. The molecule has 0 aliphatic heterocycles. The van der Waals surface area contributed by atoms with Gasteiger partial charge in [0.1, 0.15) is 18.5 Å². The minimum Gasteiger partial charge on any atom is -0.490 e. The summed E-state index contributed by atoms with van der Waals surface area (Å²) in [5.41, 5.74) is 2.16. The molecule has 0 aromatic heterocycles. The summed E-state index contributed by atoms with van der Waals surface area (Å²) in [7, 11) is 0. The largest absolute Gasteiger partial charge is 0.490 e. The van der Waals surface area contributed by atoms with Gasteiger partial charge in [-0.05, 0) is 25.0 Å². The number of ether oxygens (including phenoxy) is 1. The third-order valence-electron chi connectivity index (χ3n) is 3.72. The fourth-order valence-corrected chi connectivity index (χ4v) is 2.18. The molecule has 0 amide bonds. The van der Waals surface area contributed by atoms with E-state index in [0.29, 0.717) is 12.6 Å². The number of hydrogen-bond acceptors (Lipinski definition) is 3. The number of benzene rings is 2. The second-order valence-electron chi connectivity index (χ2n) is 5.54. The summed E-state index contributed by atoms with van der Waals surface area (Å²) < 4.78 is 5.83. The number of rotatable bonds is 8. The molecule has 118 valence electrons. The Balaban J connectivity index is 1.96. The van der Waals surface area contributed by atoms with Gasteiger partial charge in [0.05, 0.1) is 0 Å². The van der Waals surface area contributed by atoms with Crippen molar-refractivity contribution in [2.24, 2.45) is 0 Å². The first kappa shape index (κ1) is 16.5. The summed E-state index contributed by atoms with van der Waals surface area (Å²) in [6.07, 6.45) is 0.530. The highest BCUT2D eigenvalue weighted by Gasteiger charge is 2.10. The van der Waals surface area contributed by atoms with Crippen LogP contribution in [0.1, 0.15) is 20.3 Å². The molecule has 0 aliphatic carbocycles. The van der Waals surface area contributed by atoms with Crippen molar-refractivity contribution in [1.82, 2.24) is 5.32 Å². The highest BCUT2D eigenvalue weighted by atomic mass is 16.5. The Morgan fingerprint density at radius 2 is 1.73 bits per heavy atom. The fraction of sp³-hybridized carbons (Fsp3) is 0.368. The van der Waals surface area contributed by atoms with Gasteiger partial charge in [-0.1, -0.05) is 55.5 Å². The first-order valence-electron chi connectivity index (χ1n) is 7.89. The van der Waals surface area contributed by atoms with Crippen molar-refractivity contribution in [3.63, 3.8) is 0 Å². The molecule has 22 heavy (non-hydrogen) atoms. The zero-order valence-corrected chi connectivity index (χ0v) is 13.3. The minimum atomic E-state index is -0.516. The van der Waals surface area contributed by atoms with Crippen LogP contribution in [0.25, 0.3) is 11.1 Å². The average Bonchev–Trinajstić information content (AvgIpc) is 2.58. The Hall–Kier alpha value is -1.84. The first-order chi connectivity index (χ1) is 10.7. The summed E-state index contributed by atoms with van der Waals surface area (Å²) >= 11 is 0. The molecule has 0 saturated carbocycles. The van der Waals surface area contributed by atoms with Crippen molar-refractivity contribution in [3.05, 3.63) is 54.6 Å². The Kier molecular flexibility index (Phi) is 6.44. The second-order valence-corrected chi connectivity index (χ2v) is 5.54. The number of aliphatic hydroxyl groups excluding tert-OH is 1. The normalized spacial score (nSPS) is 13.6. The fourth-order valence-electron chi connectivity index (χ4n) is 2.18. The number of hydrogen-bond donors (Lipinski definition) is 2. The average molecular weight is 299 g/mol. The molecule has 2 N–H and O–H groups in total. The number of para-hydroxylation sites is 1. The molecule has 0 unspecified atom stereocenters. The van der Waals surface area contributed by atoms with Crippen LogP contribution < -0.4 is 10.1 Å². The van der Waals surface area contributed by atoms with Gasteiger partial charge >= 0.3 is 0 Å². The predicted molar refractivity (Wildman–Crippen MR) is 91.1 cm³/mol. The lowest BCUT2D eigenvalue weighted by atomic mass is 10.1. The van der Waals surface area contributed by atoms with Gasteiger partial charge in [-0.2, -0.15) is 0 Å². The van der Waals surface area contributed by atoms with E-state index < -0.39 is 6.10 Å². The summed E-state index contributed by atoms with van der Waals surface area (Å²) in [4.78, 5) is 0. The quantitative estimate of drug-likeness (QED) is 0.784. The van der Waals surface area contributed by atoms with E-state index >= 15 is 0 Å². The summed E-state index contributed by atoms with van der Waals surface area (Å²) in [5.74, 6) is 0.802. The Morgan fingerprint density at radius 1 is 1.05 bits per heavy atom. The standard InChI is InChI=1S/C19H25NO2/c1-3-15(2)20-13-17(21)14-22-19-12-8-7-11-18(19)16-9-5-4-6-10-16/h4-12,15,17,20-21H,3,13-14H2,1-2H3/t15-,17-/m0/s1. The van der Waals surface area contributed by atoms with Crippen molar-refractivity contribution in [2.75, 3.05) is 13.2 Å². The van der Waals surface area contributed by atoms with E-state index in [4.69, 9.17) is 4.74 Å². The maximum atomic E-state index is 10.0. The van der Waals surface area contributed by atoms with E-state index in [1.54, 1.807) is 0 Å². The van der Waals surface area contributed by atoms with E-state index in [-0.39, 0.29) is 6.61 Å². The molecular weight excluding hydrogens is 274 g/mol. The van der Waals surface area contributed by atoms with E-state index in [1.165, 1.54) is 0 Å². The summed E-state index contributed by atoms with van der Waals surface area (Å²) in [6.45, 7) is 5.06. The molecule has 0 radical (unpaired) electrons. The van der Waals surface area contributed by atoms with Gasteiger partial charge in [-0.3, -0.25) is 0 Å². The molecule has 0 spiro atoms. The van der Waals surface area contributed by atoms with Crippen LogP contribution in [0.5, 0.6) is 5.75 Å². The molecule has 0 fully saturated rings. The van der Waals surface area contributed by atoms with Crippen molar-refractivity contribution >= 4 is 0 Å². The third-order valence-corrected chi connectivity index (χ3v) is 3.72. The van der Waals surface area contributed by atoms with Gasteiger partial charge in [0.25, 0.3) is 0 Å². The van der Waals surface area contributed by atoms with Crippen LogP contribution in [0.2, 0.25) is 0 Å². The highest BCUT2D eigenvalue weighted by molar-refractivity contribution is 5.70. The Labute approximate surface area is 133 Å². The van der Waals surface area contributed by atoms with Crippen LogP contribution in [-0.4, -0.2) is 30.4 Å². The van der Waals surface area contributed by atoms with Crippen LogP contribution in [0.4, 0.5) is 0 Å². The molecule has 0 saturated heterocycles. The first-order valence-corrected chi connectivity index (χ1v) is 7.89. The predicted octanol–water partition coefficient (Wildman–Crippen LogP) is 3.48. The number of nitrogens with one attached hydrogen (secondary N) is 1. The highest BCUT2D eigenvalue weighted by Crippen LogP contribution is 2.29. The van der Waals surface area contributed by atoms with Gasteiger partial charge in [0.15, 0.2) is 0 Å². The third kappa shape index (κ3) is 4.86. The van der Waals surface area contributed by atoms with Gasteiger partial charge in [0, 0.05) is 18.2 Å². The van der Waals surface area contributed by atoms with Crippen LogP contribution in [0.3, 0.4) is 0 Å². The molecule has 2 rings (SSSR count). The lowest BCUT2D eigenvalue weighted by Crippen LogP contribution is -2.36. The van der Waals surface area contributed by atoms with Crippen LogP contribution in [-0.2, 0) is 0 Å². The minimum absolute atomic E-state index is 0.285. The second kappa shape index (κ2) is 8.57. The SMILES string of the molecule is CC[C@H](C)NC[C@H](O)COc1ccccc1-c1ccccc1. The van der Waals surface area contributed by atoms with Crippen LogP contribution in [0.15, 0.2) is 54.6 Å². The molecular formula is C19H25NO2. The molecule has 2 aromatic rings. The van der Waals surface area contributed by atoms with Crippen molar-refractivity contribution in [1.29, 1.82) is 0 Å². The smallest absolute Gasteiger partial charge is 0.127 e. The molecule has 2 aromatic carbocycles. The van der Waals surface area contributed by atoms with Crippen molar-refractivity contribution < 1.29 is 9.84 Å². The molecule has 0 heterocycles. The number of aliphatic hydroxyl groups is 1. The van der Waals surface area contributed by atoms with E-state index in [9.17, 15) is 5.11 Å². The zero-order chi connectivity index (χ0) is 15.8. The molecule has 3 heteroatoms. The van der Waals surface area contributed by atoms with Gasteiger partial charge in [0.2, 0.25) is 0 Å². The van der Waals surface area contributed by atoms with Crippen molar-refractivity contribution in [2.45, 2.75) is 32.4 Å². The Bertz CT molecular complexity index is 556. The lowest BCUT2D eigenvalue weighted by Gasteiger charge is -2.17. The zero-order valence-electron chi connectivity index (χ0n) is 13.3. The van der Waals surface area contributed by atoms with Gasteiger partial charge in [-0.25, -0.2) is 0 Å². The van der Waals surface area contributed by atoms with Crippen molar-refractivity contribution in [3.8, 4) is 16.9 Å².